The van der Waals surface area contributed by atoms with Gasteiger partial charge >= 0.3 is 11.9 Å². The maximum Gasteiger partial charge on any atom is 0.371 e. The van der Waals surface area contributed by atoms with Crippen LogP contribution in [0.3, 0.4) is 0 Å². The summed E-state index contributed by atoms with van der Waals surface area (Å²) in [4.78, 5) is 63.2. The maximum absolute atomic E-state index is 12.9. The van der Waals surface area contributed by atoms with E-state index in [0.29, 0.717) is 90.1 Å². The van der Waals surface area contributed by atoms with Gasteiger partial charge in [-0.1, -0.05) is 29.3 Å². The molecule has 0 radical (unpaired) electrons. The fourth-order valence-electron chi connectivity index (χ4n) is 7.24. The number of carboxylic acids is 2. The number of imidazole rings is 1. The molecule has 2 amide bonds. The van der Waals surface area contributed by atoms with Crippen molar-refractivity contribution >= 4 is 123 Å². The van der Waals surface area contributed by atoms with E-state index in [4.69, 9.17) is 42.2 Å². The number of fused-ring (bicyclic) bond motifs is 3. The van der Waals surface area contributed by atoms with Gasteiger partial charge in [0.15, 0.2) is 0 Å². The molecule has 0 saturated carbocycles. The van der Waals surface area contributed by atoms with Crippen molar-refractivity contribution < 1.29 is 38.2 Å². The van der Waals surface area contributed by atoms with E-state index in [9.17, 15) is 19.2 Å². The van der Waals surface area contributed by atoms with Gasteiger partial charge in [-0.15, -0.1) is 0 Å². The van der Waals surface area contributed by atoms with Crippen LogP contribution in [0.2, 0.25) is 10.0 Å². The van der Waals surface area contributed by atoms with E-state index in [1.165, 1.54) is 12.1 Å². The van der Waals surface area contributed by atoms with E-state index in [1.807, 2.05) is 29.2 Å². The largest absolute Gasteiger partial charge is 0.475 e. The summed E-state index contributed by atoms with van der Waals surface area (Å²) in [6.45, 7) is 4.78. The van der Waals surface area contributed by atoms with Crippen molar-refractivity contribution in [2.75, 3.05) is 62.2 Å². The second-order valence-corrected chi connectivity index (χ2v) is 16.1. The fourth-order valence-corrected chi connectivity index (χ4v) is 9.19. The molecule has 4 aromatic carbocycles. The van der Waals surface area contributed by atoms with Crippen LogP contribution in [0, 0.1) is 0 Å². The van der Waals surface area contributed by atoms with E-state index < -0.39 is 11.9 Å². The zero-order valence-electron chi connectivity index (χ0n) is 30.8. The number of aromatic nitrogens is 2. The van der Waals surface area contributed by atoms with E-state index >= 15 is 0 Å². The maximum atomic E-state index is 12.9. The number of piperazine rings is 2. The number of rotatable bonds is 6. The number of halogens is 4. The Labute approximate surface area is 362 Å². The number of benzene rings is 4. The topological polar surface area (TPSA) is 177 Å². The third-order valence-corrected chi connectivity index (χ3v) is 12.6. The van der Waals surface area contributed by atoms with Gasteiger partial charge in [0.1, 0.15) is 11.2 Å². The molecular formula is C41H32Br2Cl2N6O8. The number of nitrogens with one attached hydrogen (secondary N) is 1. The number of carboxylic acid groups (broad SMARTS) is 2. The quantitative estimate of drug-likeness (QED) is 0.145. The smallest absolute Gasteiger partial charge is 0.371 e. The lowest BCUT2D eigenvalue weighted by Crippen LogP contribution is -2.49. The molecule has 9 rings (SSSR count). The van der Waals surface area contributed by atoms with Gasteiger partial charge in [-0.2, -0.15) is 0 Å². The van der Waals surface area contributed by atoms with Gasteiger partial charge < -0.3 is 43.6 Å². The number of nitrogens with zero attached hydrogens (tertiary/aromatic N) is 5. The number of anilines is 2. The predicted molar refractivity (Wildman–Crippen MR) is 231 cm³/mol. The number of amides is 2. The Hall–Kier alpha value is -5.55. The SMILES string of the molecule is O=C(O)c1cc2c(Br)c(N3CCN(C(=O)c4c(Cl)cccc4Cl)CC3)ccc2o1.O=C(O)c1cc2c(Br)c(N3CCN(C(=O)c4ccc5nc[nH]c5c4)CC3)ccc2o1. The second kappa shape index (κ2) is 16.6. The van der Waals surface area contributed by atoms with Crippen LogP contribution in [0.1, 0.15) is 41.8 Å². The summed E-state index contributed by atoms with van der Waals surface area (Å²) in [5, 5.41) is 20.4. The summed E-state index contributed by atoms with van der Waals surface area (Å²) in [6, 6.07) is 20.8. The summed E-state index contributed by atoms with van der Waals surface area (Å²) in [6.07, 6.45) is 1.62. The Kier molecular flexibility index (Phi) is 11.3. The van der Waals surface area contributed by atoms with Crippen molar-refractivity contribution in [3.05, 3.63) is 121 Å². The van der Waals surface area contributed by atoms with Crippen LogP contribution in [-0.4, -0.2) is 106 Å². The first-order valence-corrected chi connectivity index (χ1v) is 20.6. The molecule has 3 N–H and O–H groups in total. The molecule has 2 saturated heterocycles. The number of carbonyl (C=O) groups excluding carboxylic acids is 2. The van der Waals surface area contributed by atoms with E-state index in [-0.39, 0.29) is 23.3 Å². The molecular weight excluding hydrogens is 935 g/mol. The van der Waals surface area contributed by atoms with Crippen LogP contribution >= 0.6 is 55.1 Å². The first-order chi connectivity index (χ1) is 28.4. The number of hydrogen-bond acceptors (Lipinski definition) is 9. The molecule has 5 heterocycles. The standard InChI is InChI=1S/C21H17BrN4O4.C20H15BrCl2N2O4/c22-19-13-10-18(21(28)29)30-17(13)4-3-16(19)25-5-7-26(8-6-25)20(27)12-1-2-14-15(9-12)24-11-23-14;21-18-11-10-16(20(27)28)29-15(11)5-4-14(18)24-6-8-25(9-7-24)19(26)17-12(22)2-1-3-13(17)23/h1-4,9-11H,5-8H2,(H,23,24)(H,28,29);1-5,10H,6-9H2,(H,27,28). The summed E-state index contributed by atoms with van der Waals surface area (Å²) in [5.41, 5.74) is 5.53. The molecule has 0 aliphatic carbocycles. The van der Waals surface area contributed by atoms with Gasteiger partial charge in [0.25, 0.3) is 11.8 Å². The molecule has 2 aliphatic rings. The van der Waals surface area contributed by atoms with Crippen LogP contribution in [0.15, 0.2) is 96.9 Å². The molecule has 14 nitrogen and oxygen atoms in total. The van der Waals surface area contributed by atoms with E-state index in [0.717, 1.165) is 36.7 Å². The van der Waals surface area contributed by atoms with Gasteiger partial charge in [-0.05, 0) is 86.5 Å². The van der Waals surface area contributed by atoms with Crippen molar-refractivity contribution in [3.63, 3.8) is 0 Å². The molecule has 0 unspecified atom stereocenters. The first-order valence-electron chi connectivity index (χ1n) is 18.2. The lowest BCUT2D eigenvalue weighted by atomic mass is 10.1. The van der Waals surface area contributed by atoms with E-state index in [1.54, 1.807) is 47.6 Å². The molecule has 59 heavy (non-hydrogen) atoms. The zero-order valence-corrected chi connectivity index (χ0v) is 35.4. The Morgan fingerprint density at radius 1 is 0.644 bits per heavy atom. The number of H-pyrrole nitrogens is 1. The zero-order chi connectivity index (χ0) is 41.5. The monoisotopic (exact) mass is 964 g/mol. The van der Waals surface area contributed by atoms with Crippen LogP contribution < -0.4 is 9.80 Å². The fraction of sp³-hybridized carbons (Fsp3) is 0.195. The van der Waals surface area contributed by atoms with Crippen LogP contribution in [0.25, 0.3) is 33.0 Å². The highest BCUT2D eigenvalue weighted by Gasteiger charge is 2.28. The summed E-state index contributed by atoms with van der Waals surface area (Å²) >= 11 is 19.5. The molecule has 0 spiro atoms. The molecule has 302 valence electrons. The highest BCUT2D eigenvalue weighted by molar-refractivity contribution is 9.11. The number of furan rings is 2. The number of aromatic carboxylic acids is 2. The molecule has 0 bridgehead atoms. The molecule has 2 fully saturated rings. The summed E-state index contributed by atoms with van der Waals surface area (Å²) < 4.78 is 12.3. The Morgan fingerprint density at radius 3 is 1.63 bits per heavy atom. The Balaban J connectivity index is 0.000000164. The van der Waals surface area contributed by atoms with Gasteiger partial charge in [-0.3, -0.25) is 9.59 Å². The molecule has 2 aliphatic heterocycles. The number of hydrogen-bond donors (Lipinski definition) is 3. The van der Waals surface area contributed by atoms with Gasteiger partial charge in [0.05, 0.1) is 53.3 Å². The van der Waals surface area contributed by atoms with Crippen LogP contribution in [0.5, 0.6) is 0 Å². The molecule has 7 aromatic rings. The Bertz CT molecular complexity index is 2770. The normalized spacial score (nSPS) is 14.5. The van der Waals surface area contributed by atoms with Crippen LogP contribution in [-0.2, 0) is 0 Å². The third-order valence-electron chi connectivity index (χ3n) is 10.3. The van der Waals surface area contributed by atoms with Crippen molar-refractivity contribution in [2.24, 2.45) is 0 Å². The van der Waals surface area contributed by atoms with Crippen molar-refractivity contribution in [1.82, 2.24) is 19.8 Å². The average Bonchev–Trinajstić information content (AvgIpc) is 4.01. The predicted octanol–water partition coefficient (Wildman–Crippen LogP) is 8.89. The van der Waals surface area contributed by atoms with Gasteiger partial charge in [0, 0.05) is 80.8 Å². The minimum Gasteiger partial charge on any atom is -0.475 e. The van der Waals surface area contributed by atoms with Crippen molar-refractivity contribution in [1.29, 1.82) is 0 Å². The first kappa shape index (κ1) is 40.2. The summed E-state index contributed by atoms with van der Waals surface area (Å²) in [7, 11) is 0. The Morgan fingerprint density at radius 2 is 1.14 bits per heavy atom. The number of aromatic amines is 1. The highest BCUT2D eigenvalue weighted by Crippen LogP contribution is 2.38. The molecule has 3 aromatic heterocycles. The lowest BCUT2D eigenvalue weighted by molar-refractivity contribution is 0.0655. The van der Waals surface area contributed by atoms with Crippen LogP contribution in [0.4, 0.5) is 11.4 Å². The average molecular weight is 967 g/mol. The lowest BCUT2D eigenvalue weighted by Gasteiger charge is -2.36. The van der Waals surface area contributed by atoms with Crippen molar-refractivity contribution in [2.45, 2.75) is 0 Å². The molecule has 0 atom stereocenters. The third kappa shape index (κ3) is 7.97. The van der Waals surface area contributed by atoms with Gasteiger partial charge in [0.2, 0.25) is 11.5 Å². The summed E-state index contributed by atoms with van der Waals surface area (Å²) in [5.74, 6) is -2.59. The minimum atomic E-state index is -1.11. The second-order valence-electron chi connectivity index (χ2n) is 13.7. The molecule has 18 heteroatoms. The number of carbonyl (C=O) groups is 4. The highest BCUT2D eigenvalue weighted by atomic mass is 79.9. The van der Waals surface area contributed by atoms with E-state index in [2.05, 4.69) is 51.6 Å². The minimum absolute atomic E-state index is 0.00148. The van der Waals surface area contributed by atoms with Gasteiger partial charge in [-0.25, -0.2) is 14.6 Å². The van der Waals surface area contributed by atoms with Crippen molar-refractivity contribution in [3.8, 4) is 0 Å².